The molecule has 0 unspecified atom stereocenters. The maximum Gasteiger partial charge on any atom is 0.164 e. The van der Waals surface area contributed by atoms with Crippen LogP contribution >= 0.6 is 0 Å². The molecule has 18 rings (SSSR count). The van der Waals surface area contributed by atoms with Crippen molar-refractivity contribution in [2.45, 2.75) is 0 Å². The summed E-state index contributed by atoms with van der Waals surface area (Å²) in [6, 6.07) is 111. The van der Waals surface area contributed by atoms with Crippen LogP contribution in [0.25, 0.3) is 166 Å². The van der Waals surface area contributed by atoms with Crippen LogP contribution in [0.4, 0.5) is 0 Å². The first-order valence-electron chi connectivity index (χ1n) is 29.9. The van der Waals surface area contributed by atoms with Gasteiger partial charge in [-0.15, -0.1) is 0 Å². The number of fused-ring (bicyclic) bond motifs is 12. The number of benzene rings is 13. The van der Waals surface area contributed by atoms with Gasteiger partial charge in [-0.2, -0.15) is 0 Å². The first-order chi connectivity index (χ1) is 43.7. The second-order valence-corrected chi connectivity index (χ2v) is 22.7. The van der Waals surface area contributed by atoms with Crippen molar-refractivity contribution in [1.82, 2.24) is 33.2 Å². The van der Waals surface area contributed by atoms with Crippen LogP contribution in [0.3, 0.4) is 0 Å². The molecule has 0 atom stereocenters. The van der Waals surface area contributed by atoms with E-state index in [1.54, 1.807) is 0 Å². The lowest BCUT2D eigenvalue weighted by atomic mass is 9.99. The summed E-state index contributed by atoms with van der Waals surface area (Å²) >= 11 is 0. The highest BCUT2D eigenvalue weighted by Gasteiger charge is 2.23. The van der Waals surface area contributed by atoms with E-state index in [4.69, 9.17) is 15.0 Å². The standard InChI is InChI=1S/C81H51N7/c1-2-22-52(23-3-1)79-82-80(55-26-20-24-53(48-55)67-50-57(85-69-36-12-4-28-59(69)60-29-5-13-37-70(60)85)44-46-77(67)87-73-40-16-8-32-63(73)64-33-9-17-41-74(64)87)84-81(83-79)56-27-21-25-54(49-56)68-51-58(86-71-38-14-6-30-61(71)62-31-7-15-39-72(62)86)45-47-78(68)88-75-42-18-10-34-65(75)66-35-11-19-43-76(66)88/h1-51H. The van der Waals surface area contributed by atoms with Gasteiger partial charge >= 0.3 is 0 Å². The molecule has 0 amide bonds. The van der Waals surface area contributed by atoms with Crippen molar-refractivity contribution in [3.63, 3.8) is 0 Å². The van der Waals surface area contributed by atoms with E-state index in [1.165, 1.54) is 43.1 Å². The Kier molecular flexibility index (Phi) is 11.2. The molecule has 5 heterocycles. The molecular formula is C81H51N7. The number of hydrogen-bond donors (Lipinski definition) is 0. The second kappa shape index (κ2) is 19.8. The summed E-state index contributed by atoms with van der Waals surface area (Å²) in [5.41, 5.74) is 20.3. The highest BCUT2D eigenvalue weighted by Crippen LogP contribution is 2.43. The van der Waals surface area contributed by atoms with Gasteiger partial charge in [0, 0.05) is 82.3 Å². The third-order valence-electron chi connectivity index (χ3n) is 17.8. The topological polar surface area (TPSA) is 58.4 Å². The monoisotopic (exact) mass is 1120 g/mol. The maximum absolute atomic E-state index is 5.49. The third-order valence-corrected chi connectivity index (χ3v) is 17.8. The van der Waals surface area contributed by atoms with Gasteiger partial charge in [0.25, 0.3) is 0 Å². The smallest absolute Gasteiger partial charge is 0.164 e. The van der Waals surface area contributed by atoms with Crippen molar-refractivity contribution in [1.29, 1.82) is 0 Å². The molecule has 5 aromatic heterocycles. The van der Waals surface area contributed by atoms with E-state index in [0.29, 0.717) is 17.5 Å². The van der Waals surface area contributed by atoms with E-state index in [-0.39, 0.29) is 0 Å². The molecule has 0 fully saturated rings. The molecule has 7 heteroatoms. The molecule has 0 aliphatic rings. The Morgan fingerprint density at radius 3 is 0.750 bits per heavy atom. The van der Waals surface area contributed by atoms with Gasteiger partial charge in [0.2, 0.25) is 0 Å². The van der Waals surface area contributed by atoms with Gasteiger partial charge in [0.05, 0.1) is 55.5 Å². The Hall–Kier alpha value is -11.9. The van der Waals surface area contributed by atoms with Crippen molar-refractivity contribution in [2.75, 3.05) is 0 Å². The van der Waals surface area contributed by atoms with E-state index in [0.717, 1.165) is 106 Å². The zero-order valence-electron chi connectivity index (χ0n) is 47.6. The number of rotatable bonds is 9. The molecule has 0 saturated carbocycles. The van der Waals surface area contributed by atoms with Crippen LogP contribution in [0.2, 0.25) is 0 Å². The fraction of sp³-hybridized carbons (Fsp3) is 0. The van der Waals surface area contributed by atoms with Crippen molar-refractivity contribution < 1.29 is 0 Å². The van der Waals surface area contributed by atoms with Gasteiger partial charge in [-0.25, -0.2) is 15.0 Å². The lowest BCUT2D eigenvalue weighted by molar-refractivity contribution is 1.07. The van der Waals surface area contributed by atoms with Crippen molar-refractivity contribution in [3.05, 3.63) is 309 Å². The lowest BCUT2D eigenvalue weighted by Crippen LogP contribution is -2.02. The van der Waals surface area contributed by atoms with E-state index < -0.39 is 0 Å². The fourth-order valence-corrected chi connectivity index (χ4v) is 13.9. The molecular weight excluding hydrogens is 1070 g/mol. The molecule has 0 N–H and O–H groups in total. The Morgan fingerprint density at radius 1 is 0.182 bits per heavy atom. The predicted octanol–water partition coefficient (Wildman–Crippen LogP) is 20.6. The average molecular weight is 1120 g/mol. The Labute approximate surface area is 506 Å². The number of nitrogens with zero attached hydrogens (tertiary/aromatic N) is 7. The number of para-hydroxylation sites is 8. The van der Waals surface area contributed by atoms with Crippen molar-refractivity contribution >= 4 is 87.2 Å². The lowest BCUT2D eigenvalue weighted by Gasteiger charge is -2.18. The summed E-state index contributed by atoms with van der Waals surface area (Å²) in [4.78, 5) is 16.2. The summed E-state index contributed by atoms with van der Waals surface area (Å²) in [7, 11) is 0. The van der Waals surface area contributed by atoms with Crippen LogP contribution in [-0.4, -0.2) is 33.2 Å². The van der Waals surface area contributed by atoms with Gasteiger partial charge < -0.3 is 18.3 Å². The van der Waals surface area contributed by atoms with Gasteiger partial charge in [-0.05, 0) is 108 Å². The number of hydrogen-bond acceptors (Lipinski definition) is 3. The SMILES string of the molecule is c1ccc(-c2nc(-c3cccc(-c4cc(-n5c6ccccc6c6ccccc65)ccc4-n4c5ccccc5c5ccccc54)c3)nc(-c3cccc(-c4cc(-n5c6ccccc6c6ccccc65)ccc4-n4c5ccccc5c5ccccc54)c3)n2)cc1. The van der Waals surface area contributed by atoms with Crippen molar-refractivity contribution in [2.24, 2.45) is 0 Å². The molecule has 7 nitrogen and oxygen atoms in total. The Balaban J connectivity index is 0.835. The summed E-state index contributed by atoms with van der Waals surface area (Å²) < 4.78 is 9.65. The first kappa shape index (κ1) is 49.5. The first-order valence-corrected chi connectivity index (χ1v) is 29.9. The van der Waals surface area contributed by atoms with E-state index >= 15 is 0 Å². The van der Waals surface area contributed by atoms with Gasteiger partial charge in [-0.3, -0.25) is 0 Å². The molecule has 0 aliphatic carbocycles. The molecule has 0 radical (unpaired) electrons. The molecule has 410 valence electrons. The van der Waals surface area contributed by atoms with Crippen LogP contribution in [-0.2, 0) is 0 Å². The molecule has 0 spiro atoms. The quantitative estimate of drug-likeness (QED) is 0.145. The third kappa shape index (κ3) is 7.74. The van der Waals surface area contributed by atoms with Crippen LogP contribution in [0.1, 0.15) is 0 Å². The summed E-state index contributed by atoms with van der Waals surface area (Å²) in [5, 5.41) is 9.70. The molecule has 18 aromatic rings. The molecule has 0 bridgehead atoms. The summed E-state index contributed by atoms with van der Waals surface area (Å²) in [6.45, 7) is 0. The second-order valence-electron chi connectivity index (χ2n) is 22.7. The van der Waals surface area contributed by atoms with Gasteiger partial charge in [0.1, 0.15) is 0 Å². The Morgan fingerprint density at radius 2 is 0.432 bits per heavy atom. The van der Waals surface area contributed by atoms with Crippen molar-refractivity contribution in [3.8, 4) is 79.2 Å². The van der Waals surface area contributed by atoms with Gasteiger partial charge in [0.15, 0.2) is 17.5 Å². The average Bonchev–Trinajstić information content (AvgIpc) is 2.53. The molecule has 0 saturated heterocycles. The zero-order chi connectivity index (χ0) is 57.8. The van der Waals surface area contributed by atoms with Gasteiger partial charge in [-0.1, -0.05) is 212 Å². The minimum absolute atomic E-state index is 0.576. The highest BCUT2D eigenvalue weighted by atomic mass is 15.0. The molecule has 88 heavy (non-hydrogen) atoms. The predicted molar refractivity (Wildman–Crippen MR) is 364 cm³/mol. The molecule has 13 aromatic carbocycles. The Bertz CT molecular complexity index is 5290. The largest absolute Gasteiger partial charge is 0.309 e. The van der Waals surface area contributed by atoms with E-state index in [1.807, 2.05) is 18.2 Å². The maximum atomic E-state index is 5.49. The minimum Gasteiger partial charge on any atom is -0.309 e. The fourth-order valence-electron chi connectivity index (χ4n) is 13.9. The summed E-state index contributed by atoms with van der Waals surface area (Å²) in [6.07, 6.45) is 0. The number of aromatic nitrogens is 7. The zero-order valence-corrected chi connectivity index (χ0v) is 47.6. The molecule has 0 aliphatic heterocycles. The van der Waals surface area contributed by atoms with Crippen LogP contribution in [0, 0.1) is 0 Å². The van der Waals surface area contributed by atoms with E-state index in [2.05, 4.69) is 309 Å². The van der Waals surface area contributed by atoms with Crippen LogP contribution in [0.15, 0.2) is 309 Å². The highest BCUT2D eigenvalue weighted by molar-refractivity contribution is 6.13. The van der Waals surface area contributed by atoms with E-state index in [9.17, 15) is 0 Å². The minimum atomic E-state index is 0.576. The van der Waals surface area contributed by atoms with Crippen LogP contribution in [0.5, 0.6) is 0 Å². The van der Waals surface area contributed by atoms with Crippen LogP contribution < -0.4 is 0 Å². The normalized spacial score (nSPS) is 11.9. The summed E-state index contributed by atoms with van der Waals surface area (Å²) in [5.74, 6) is 1.75.